The Bertz CT molecular complexity index is 883. The first-order chi connectivity index (χ1) is 13.3. The SMILES string of the molecule is CC(=O)OC(O)(c1cccc(C)c1)c1ccc(CO[Si](C)(C)C(C)(C)C)cc1C. The molecule has 2 rings (SSSR count). The lowest BCUT2D eigenvalue weighted by molar-refractivity contribution is -0.195. The normalized spacial score (nSPS) is 14.4. The number of carbonyl (C=O) groups is 1. The molecule has 29 heavy (non-hydrogen) atoms. The molecule has 158 valence electrons. The summed E-state index contributed by atoms with van der Waals surface area (Å²) in [7, 11) is -1.85. The summed E-state index contributed by atoms with van der Waals surface area (Å²) in [4.78, 5) is 11.8. The second-order valence-corrected chi connectivity index (χ2v) is 14.1. The quantitative estimate of drug-likeness (QED) is 0.381. The second kappa shape index (κ2) is 8.42. The van der Waals surface area contributed by atoms with Crippen LogP contribution in [0, 0.1) is 13.8 Å². The summed E-state index contributed by atoms with van der Waals surface area (Å²) in [5.41, 5.74) is 3.93. The van der Waals surface area contributed by atoms with Gasteiger partial charge in [0, 0.05) is 18.1 Å². The van der Waals surface area contributed by atoms with Gasteiger partial charge in [-0.15, -0.1) is 0 Å². The molecule has 0 saturated carbocycles. The molecule has 0 spiro atoms. The third kappa shape index (κ3) is 5.35. The van der Waals surface area contributed by atoms with E-state index in [4.69, 9.17) is 9.16 Å². The molecule has 0 aliphatic heterocycles. The van der Waals surface area contributed by atoms with E-state index >= 15 is 0 Å². The van der Waals surface area contributed by atoms with Crippen LogP contribution in [0.4, 0.5) is 0 Å². The Morgan fingerprint density at radius 3 is 2.24 bits per heavy atom. The van der Waals surface area contributed by atoms with Gasteiger partial charge in [0.05, 0.1) is 6.61 Å². The minimum Gasteiger partial charge on any atom is -0.424 e. The first kappa shape index (κ1) is 23.3. The lowest BCUT2D eigenvalue weighted by Crippen LogP contribution is -2.40. The summed E-state index contributed by atoms with van der Waals surface area (Å²) in [6.07, 6.45) is 0. The van der Waals surface area contributed by atoms with Crippen LogP contribution in [0.5, 0.6) is 0 Å². The van der Waals surface area contributed by atoms with E-state index in [9.17, 15) is 9.90 Å². The Balaban J connectivity index is 2.38. The van der Waals surface area contributed by atoms with Gasteiger partial charge in [-0.3, -0.25) is 4.79 Å². The first-order valence-corrected chi connectivity index (χ1v) is 12.9. The molecule has 1 N–H and O–H groups in total. The number of rotatable bonds is 6. The van der Waals surface area contributed by atoms with E-state index in [1.54, 1.807) is 6.07 Å². The van der Waals surface area contributed by atoms with Crippen LogP contribution in [0.1, 0.15) is 55.5 Å². The lowest BCUT2D eigenvalue weighted by Gasteiger charge is -2.36. The zero-order valence-electron chi connectivity index (χ0n) is 18.9. The van der Waals surface area contributed by atoms with E-state index in [2.05, 4.69) is 33.9 Å². The van der Waals surface area contributed by atoms with Gasteiger partial charge in [0.1, 0.15) is 0 Å². The van der Waals surface area contributed by atoms with Crippen LogP contribution in [0.2, 0.25) is 18.1 Å². The van der Waals surface area contributed by atoms with Crippen molar-refractivity contribution >= 4 is 14.3 Å². The molecular weight excluding hydrogens is 380 g/mol. The van der Waals surface area contributed by atoms with Crippen LogP contribution < -0.4 is 0 Å². The Labute approximate surface area is 176 Å². The maximum absolute atomic E-state index is 11.8. The third-order valence-electron chi connectivity index (χ3n) is 5.76. The predicted molar refractivity (Wildman–Crippen MR) is 119 cm³/mol. The number of esters is 1. The zero-order chi connectivity index (χ0) is 22.0. The molecule has 0 aliphatic rings. The topological polar surface area (TPSA) is 55.8 Å². The molecule has 0 aliphatic carbocycles. The van der Waals surface area contributed by atoms with Gasteiger partial charge in [0.25, 0.3) is 5.79 Å². The Morgan fingerprint density at radius 2 is 1.72 bits per heavy atom. The van der Waals surface area contributed by atoms with Crippen molar-refractivity contribution in [1.82, 2.24) is 0 Å². The summed E-state index contributed by atoms with van der Waals surface area (Å²) in [6.45, 7) is 16.8. The largest absolute Gasteiger partial charge is 0.424 e. The summed E-state index contributed by atoms with van der Waals surface area (Å²) in [5, 5.41) is 11.6. The zero-order valence-corrected chi connectivity index (χ0v) is 19.9. The Morgan fingerprint density at radius 1 is 1.07 bits per heavy atom. The molecule has 0 heterocycles. The number of aryl methyl sites for hydroxylation is 2. The molecule has 2 aromatic rings. The minimum atomic E-state index is -1.85. The second-order valence-electron chi connectivity index (χ2n) is 9.31. The van der Waals surface area contributed by atoms with Gasteiger partial charge in [-0.05, 0) is 49.2 Å². The number of hydrogen-bond acceptors (Lipinski definition) is 4. The highest BCUT2D eigenvalue weighted by atomic mass is 28.4. The van der Waals surface area contributed by atoms with E-state index in [0.717, 1.165) is 16.7 Å². The summed E-state index contributed by atoms with van der Waals surface area (Å²) < 4.78 is 11.8. The maximum atomic E-state index is 11.8. The van der Waals surface area contributed by atoms with Crippen LogP contribution in [0.3, 0.4) is 0 Å². The number of aliphatic hydroxyl groups is 1. The standard InChI is InChI=1S/C24H34O4Si/c1-17-10-9-11-21(14-17)24(26,28-19(3)25)22-13-12-20(15-18(22)2)16-27-29(7,8)23(4,5)6/h9-15,26H,16H2,1-8H3. The molecule has 0 amide bonds. The molecule has 1 atom stereocenters. The average molecular weight is 415 g/mol. The van der Waals surface area contributed by atoms with Gasteiger partial charge < -0.3 is 14.3 Å². The summed E-state index contributed by atoms with van der Waals surface area (Å²) >= 11 is 0. The Kier molecular flexibility index (Phi) is 6.77. The molecule has 0 fully saturated rings. The van der Waals surface area contributed by atoms with Crippen molar-refractivity contribution in [3.63, 3.8) is 0 Å². The van der Waals surface area contributed by atoms with E-state index in [1.807, 2.05) is 50.2 Å². The van der Waals surface area contributed by atoms with Gasteiger partial charge in [-0.2, -0.15) is 0 Å². The van der Waals surface area contributed by atoms with Gasteiger partial charge >= 0.3 is 5.97 Å². The van der Waals surface area contributed by atoms with E-state index in [-0.39, 0.29) is 5.04 Å². The maximum Gasteiger partial charge on any atom is 0.305 e. The van der Waals surface area contributed by atoms with Crippen LogP contribution in [0.15, 0.2) is 42.5 Å². The monoisotopic (exact) mass is 414 g/mol. The molecule has 0 bridgehead atoms. The molecule has 0 aromatic heterocycles. The Hall–Kier alpha value is -1.95. The molecule has 5 heteroatoms. The smallest absolute Gasteiger partial charge is 0.305 e. The highest BCUT2D eigenvalue weighted by Crippen LogP contribution is 2.38. The van der Waals surface area contributed by atoms with Crippen molar-refractivity contribution in [2.24, 2.45) is 0 Å². The van der Waals surface area contributed by atoms with Crippen molar-refractivity contribution in [2.45, 2.75) is 72.1 Å². The molecule has 0 saturated heterocycles. The van der Waals surface area contributed by atoms with Gasteiger partial charge in [0.15, 0.2) is 8.32 Å². The van der Waals surface area contributed by atoms with Crippen molar-refractivity contribution in [3.8, 4) is 0 Å². The number of carbonyl (C=O) groups excluding carboxylic acids is 1. The highest BCUT2D eigenvalue weighted by Gasteiger charge is 2.38. The van der Waals surface area contributed by atoms with E-state index in [0.29, 0.717) is 17.7 Å². The summed E-state index contributed by atoms with van der Waals surface area (Å²) in [5.74, 6) is -2.38. The van der Waals surface area contributed by atoms with Crippen LogP contribution in [0.25, 0.3) is 0 Å². The number of ether oxygens (including phenoxy) is 1. The minimum absolute atomic E-state index is 0.142. The van der Waals surface area contributed by atoms with Crippen molar-refractivity contribution < 1.29 is 19.1 Å². The van der Waals surface area contributed by atoms with Crippen LogP contribution in [-0.2, 0) is 26.4 Å². The van der Waals surface area contributed by atoms with Gasteiger partial charge in [-0.1, -0.05) is 62.7 Å². The number of hydrogen-bond donors (Lipinski definition) is 1. The highest BCUT2D eigenvalue weighted by molar-refractivity contribution is 6.74. The molecule has 4 nitrogen and oxygen atoms in total. The van der Waals surface area contributed by atoms with E-state index in [1.165, 1.54) is 6.92 Å². The van der Waals surface area contributed by atoms with Crippen LogP contribution >= 0.6 is 0 Å². The molecular formula is C24H34O4Si. The van der Waals surface area contributed by atoms with Crippen molar-refractivity contribution in [2.75, 3.05) is 0 Å². The fourth-order valence-corrected chi connectivity index (χ4v) is 3.97. The lowest BCUT2D eigenvalue weighted by atomic mass is 9.91. The average Bonchev–Trinajstić information content (AvgIpc) is 2.58. The van der Waals surface area contributed by atoms with Crippen molar-refractivity contribution in [3.05, 3.63) is 70.3 Å². The summed E-state index contributed by atoms with van der Waals surface area (Å²) in [6, 6.07) is 13.1. The molecule has 1 unspecified atom stereocenters. The third-order valence-corrected chi connectivity index (χ3v) is 10.2. The van der Waals surface area contributed by atoms with E-state index < -0.39 is 20.1 Å². The van der Waals surface area contributed by atoms with Gasteiger partial charge in [-0.25, -0.2) is 0 Å². The predicted octanol–water partition coefficient (Wildman–Crippen LogP) is 5.58. The molecule has 0 radical (unpaired) electrons. The molecule has 2 aromatic carbocycles. The fourth-order valence-electron chi connectivity index (χ4n) is 3.01. The fraction of sp³-hybridized carbons (Fsp3) is 0.458. The van der Waals surface area contributed by atoms with Gasteiger partial charge in [0.2, 0.25) is 0 Å². The number of benzene rings is 2. The van der Waals surface area contributed by atoms with Crippen LogP contribution in [-0.4, -0.2) is 19.4 Å². The van der Waals surface area contributed by atoms with Crippen molar-refractivity contribution in [1.29, 1.82) is 0 Å². The first-order valence-electron chi connectivity index (χ1n) is 9.99.